The summed E-state index contributed by atoms with van der Waals surface area (Å²) in [5.41, 5.74) is 1.41. The van der Waals surface area contributed by atoms with Gasteiger partial charge in [0.25, 0.3) is 0 Å². The molecule has 1 nitrogen and oxygen atoms in total. The lowest BCUT2D eigenvalue weighted by atomic mass is 9.76. The molecule has 3 heteroatoms. The average molecular weight is 225 g/mol. The Bertz CT molecular complexity index is 361. The van der Waals surface area contributed by atoms with Crippen molar-refractivity contribution in [3.05, 3.63) is 22.4 Å². The molecule has 0 aromatic carbocycles. The molecule has 14 heavy (non-hydrogen) atoms. The van der Waals surface area contributed by atoms with Gasteiger partial charge in [0, 0.05) is 15.0 Å². The first kappa shape index (κ1) is 10.2. The van der Waals surface area contributed by atoms with Crippen LogP contribution in [-0.4, -0.2) is 10.5 Å². The molecule has 0 fully saturated rings. The first-order chi connectivity index (χ1) is 6.45. The highest BCUT2D eigenvalue weighted by Gasteiger charge is 2.47. The molecule has 0 radical (unpaired) electrons. The highest BCUT2D eigenvalue weighted by molar-refractivity contribution is 8.00. The van der Waals surface area contributed by atoms with E-state index in [9.17, 15) is 0 Å². The molecule has 1 aromatic rings. The molecule has 0 unspecified atom stereocenters. The number of hydrogen-bond donors (Lipinski definition) is 0. The SMILES string of the molecule is CC1(C)SN=C(c2cccs2)C1(C)C. The maximum atomic E-state index is 4.63. The second kappa shape index (κ2) is 3.11. The van der Waals surface area contributed by atoms with Crippen LogP contribution < -0.4 is 0 Å². The molecule has 0 spiro atoms. The quantitative estimate of drug-likeness (QED) is 0.658. The van der Waals surface area contributed by atoms with Crippen molar-refractivity contribution in [2.24, 2.45) is 9.81 Å². The minimum Gasteiger partial charge on any atom is -0.218 e. The fourth-order valence-corrected chi connectivity index (χ4v) is 3.34. The summed E-state index contributed by atoms with van der Waals surface area (Å²) in [6.07, 6.45) is 0. The highest BCUT2D eigenvalue weighted by Crippen LogP contribution is 2.51. The van der Waals surface area contributed by atoms with Crippen LogP contribution in [0.4, 0.5) is 0 Å². The van der Waals surface area contributed by atoms with Gasteiger partial charge >= 0.3 is 0 Å². The van der Waals surface area contributed by atoms with Gasteiger partial charge in [-0.2, -0.15) is 0 Å². The van der Waals surface area contributed by atoms with Gasteiger partial charge in [-0.3, -0.25) is 0 Å². The lowest BCUT2D eigenvalue weighted by Gasteiger charge is -2.33. The number of hydrogen-bond acceptors (Lipinski definition) is 3. The molecule has 1 aliphatic heterocycles. The van der Waals surface area contributed by atoms with Crippen molar-refractivity contribution in [2.45, 2.75) is 32.4 Å². The van der Waals surface area contributed by atoms with E-state index in [0.717, 1.165) is 0 Å². The maximum absolute atomic E-state index is 4.63. The number of nitrogens with zero attached hydrogens (tertiary/aromatic N) is 1. The second-order valence-electron chi connectivity index (χ2n) is 4.64. The van der Waals surface area contributed by atoms with Gasteiger partial charge < -0.3 is 0 Å². The summed E-state index contributed by atoms with van der Waals surface area (Å²) in [7, 11) is 0. The van der Waals surface area contributed by atoms with Crippen LogP contribution in [0.5, 0.6) is 0 Å². The van der Waals surface area contributed by atoms with E-state index in [2.05, 4.69) is 49.6 Å². The van der Waals surface area contributed by atoms with Crippen molar-refractivity contribution < 1.29 is 0 Å². The predicted molar refractivity (Wildman–Crippen MR) is 66.3 cm³/mol. The highest BCUT2D eigenvalue weighted by atomic mass is 32.2. The Kier molecular flexibility index (Phi) is 2.27. The lowest BCUT2D eigenvalue weighted by Crippen LogP contribution is -2.38. The monoisotopic (exact) mass is 225 g/mol. The Balaban J connectivity index is 2.41. The first-order valence-electron chi connectivity index (χ1n) is 4.76. The van der Waals surface area contributed by atoms with E-state index in [4.69, 9.17) is 0 Å². The van der Waals surface area contributed by atoms with Crippen LogP contribution in [0.25, 0.3) is 0 Å². The zero-order chi connectivity index (χ0) is 10.4. The van der Waals surface area contributed by atoms with E-state index in [1.54, 1.807) is 23.3 Å². The van der Waals surface area contributed by atoms with Crippen LogP contribution in [-0.2, 0) is 0 Å². The third-order valence-corrected chi connectivity index (χ3v) is 5.33. The van der Waals surface area contributed by atoms with E-state index in [1.807, 2.05) is 0 Å². The zero-order valence-electron chi connectivity index (χ0n) is 9.00. The fraction of sp³-hybridized carbons (Fsp3) is 0.545. The normalized spacial score (nSPS) is 23.6. The standard InChI is InChI=1S/C11H15NS2/c1-10(2)9(8-6-5-7-13-8)12-14-11(10,3)4/h5-7H,1-4H3. The van der Waals surface area contributed by atoms with Crippen LogP contribution in [0.15, 0.2) is 21.9 Å². The lowest BCUT2D eigenvalue weighted by molar-refractivity contribution is 0.417. The third kappa shape index (κ3) is 1.34. The molecule has 0 saturated carbocycles. The molecule has 0 aliphatic carbocycles. The summed E-state index contributed by atoms with van der Waals surface area (Å²) in [5.74, 6) is 0. The van der Waals surface area contributed by atoms with Crippen LogP contribution >= 0.6 is 23.3 Å². The predicted octanol–water partition coefficient (Wildman–Crippen LogP) is 4.00. The Labute approximate surface area is 93.8 Å². The Morgan fingerprint density at radius 1 is 1.21 bits per heavy atom. The summed E-state index contributed by atoms with van der Waals surface area (Å²) in [6.45, 7) is 9.10. The molecular formula is C11H15NS2. The van der Waals surface area contributed by atoms with E-state index < -0.39 is 0 Å². The largest absolute Gasteiger partial charge is 0.218 e. The summed E-state index contributed by atoms with van der Waals surface area (Å²) in [5, 5.41) is 2.12. The topological polar surface area (TPSA) is 12.4 Å². The van der Waals surface area contributed by atoms with Gasteiger partial charge in [0.1, 0.15) is 0 Å². The Morgan fingerprint density at radius 2 is 1.93 bits per heavy atom. The summed E-state index contributed by atoms with van der Waals surface area (Å²) in [4.78, 5) is 1.31. The third-order valence-electron chi connectivity index (χ3n) is 3.22. The van der Waals surface area contributed by atoms with Gasteiger partial charge in [-0.1, -0.05) is 19.9 Å². The molecule has 1 aliphatic rings. The van der Waals surface area contributed by atoms with Crippen molar-refractivity contribution in [2.75, 3.05) is 0 Å². The molecule has 0 atom stereocenters. The first-order valence-corrected chi connectivity index (χ1v) is 6.41. The Hall–Kier alpha value is -0.280. The summed E-state index contributed by atoms with van der Waals surface area (Å²) < 4.78 is 4.83. The van der Waals surface area contributed by atoms with Gasteiger partial charge in [-0.05, 0) is 37.2 Å². The Morgan fingerprint density at radius 3 is 2.36 bits per heavy atom. The zero-order valence-corrected chi connectivity index (χ0v) is 10.6. The molecule has 0 bridgehead atoms. The fourth-order valence-electron chi connectivity index (χ4n) is 1.44. The van der Waals surface area contributed by atoms with E-state index in [-0.39, 0.29) is 10.2 Å². The molecule has 76 valence electrons. The van der Waals surface area contributed by atoms with E-state index >= 15 is 0 Å². The van der Waals surface area contributed by atoms with Crippen molar-refractivity contribution >= 4 is 29.0 Å². The minimum atomic E-state index is 0.155. The number of rotatable bonds is 1. The van der Waals surface area contributed by atoms with Gasteiger partial charge in [0.15, 0.2) is 0 Å². The van der Waals surface area contributed by atoms with Gasteiger partial charge in [0.05, 0.1) is 5.71 Å². The van der Waals surface area contributed by atoms with Crippen LogP contribution in [0, 0.1) is 5.41 Å². The maximum Gasteiger partial charge on any atom is 0.0729 e. The van der Waals surface area contributed by atoms with E-state index in [0.29, 0.717) is 0 Å². The second-order valence-corrected chi connectivity index (χ2v) is 6.98. The molecule has 2 heterocycles. The van der Waals surface area contributed by atoms with Crippen molar-refractivity contribution in [1.82, 2.24) is 0 Å². The van der Waals surface area contributed by atoms with Crippen molar-refractivity contribution in [1.29, 1.82) is 0 Å². The van der Waals surface area contributed by atoms with Crippen LogP contribution in [0.3, 0.4) is 0 Å². The van der Waals surface area contributed by atoms with Crippen molar-refractivity contribution in [3.63, 3.8) is 0 Å². The van der Waals surface area contributed by atoms with E-state index in [1.165, 1.54) is 10.6 Å². The van der Waals surface area contributed by atoms with Gasteiger partial charge in [-0.15, -0.1) is 11.3 Å². The van der Waals surface area contributed by atoms with Crippen molar-refractivity contribution in [3.8, 4) is 0 Å². The van der Waals surface area contributed by atoms with Gasteiger partial charge in [-0.25, -0.2) is 4.40 Å². The molecule has 0 saturated heterocycles. The molecule has 2 rings (SSSR count). The van der Waals surface area contributed by atoms with Crippen LogP contribution in [0.2, 0.25) is 0 Å². The molecule has 0 amide bonds. The summed E-state index contributed by atoms with van der Waals surface area (Å²) in [6, 6.07) is 4.25. The van der Waals surface area contributed by atoms with Gasteiger partial charge in [0.2, 0.25) is 0 Å². The molecular weight excluding hydrogens is 210 g/mol. The molecule has 1 aromatic heterocycles. The smallest absolute Gasteiger partial charge is 0.0729 e. The summed E-state index contributed by atoms with van der Waals surface area (Å²) >= 11 is 3.49. The van der Waals surface area contributed by atoms with Crippen LogP contribution in [0.1, 0.15) is 32.6 Å². The minimum absolute atomic E-state index is 0.155. The molecule has 0 N–H and O–H groups in total. The number of thiophene rings is 1. The average Bonchev–Trinajstić information content (AvgIpc) is 2.61.